The van der Waals surface area contributed by atoms with Gasteiger partial charge in [0, 0.05) is 18.6 Å². The van der Waals surface area contributed by atoms with Crippen molar-refractivity contribution in [3.05, 3.63) is 11.4 Å². The molecule has 1 saturated carbocycles. The maximum Gasteiger partial charge on any atom is 0.357 e. The third-order valence-electron chi connectivity index (χ3n) is 3.75. The van der Waals surface area contributed by atoms with Gasteiger partial charge in [-0.1, -0.05) is 0 Å². The Morgan fingerprint density at radius 1 is 1.57 bits per heavy atom. The van der Waals surface area contributed by atoms with E-state index in [2.05, 4.69) is 19.8 Å². The molecular weight excluding hydrogens is 296 g/mol. The summed E-state index contributed by atoms with van der Waals surface area (Å²) in [6, 6.07) is 0.558. The van der Waals surface area contributed by atoms with Crippen LogP contribution in [0.2, 0.25) is 0 Å². The third-order valence-corrected chi connectivity index (χ3v) is 5.33. The van der Waals surface area contributed by atoms with Gasteiger partial charge >= 0.3 is 5.97 Å². The number of H-pyrrole nitrogens is 1. The summed E-state index contributed by atoms with van der Waals surface area (Å²) >= 11 is 0. The van der Waals surface area contributed by atoms with Crippen molar-refractivity contribution >= 4 is 16.0 Å². The van der Waals surface area contributed by atoms with Gasteiger partial charge in [-0.15, -0.1) is 0 Å². The van der Waals surface area contributed by atoms with Crippen molar-refractivity contribution in [2.45, 2.75) is 43.7 Å². The van der Waals surface area contributed by atoms with E-state index >= 15 is 0 Å². The van der Waals surface area contributed by atoms with E-state index in [1.54, 1.807) is 0 Å². The lowest BCUT2D eigenvalue weighted by Gasteiger charge is -2.24. The van der Waals surface area contributed by atoms with Crippen LogP contribution in [0.3, 0.4) is 0 Å². The average Bonchev–Trinajstić information content (AvgIpc) is 3.17. The van der Waals surface area contributed by atoms with Gasteiger partial charge in [0.25, 0.3) is 0 Å². The van der Waals surface area contributed by atoms with E-state index in [4.69, 9.17) is 5.11 Å². The van der Waals surface area contributed by atoms with Crippen molar-refractivity contribution in [2.24, 2.45) is 0 Å². The van der Waals surface area contributed by atoms with Gasteiger partial charge in [-0.2, -0.15) is 5.10 Å². The van der Waals surface area contributed by atoms with Crippen LogP contribution in [0.1, 0.15) is 35.9 Å². The molecule has 0 aliphatic heterocycles. The fraction of sp³-hybridized carbons (Fsp3) is 0.667. The van der Waals surface area contributed by atoms with Gasteiger partial charge in [0.05, 0.1) is 5.69 Å². The number of aromatic nitrogens is 2. The second kappa shape index (κ2) is 5.74. The number of carboxylic acids is 1. The molecular formula is C12H20N4O4S. The highest BCUT2D eigenvalue weighted by Crippen LogP contribution is 2.27. The topological polar surface area (TPSA) is 115 Å². The van der Waals surface area contributed by atoms with E-state index in [0.29, 0.717) is 6.04 Å². The largest absolute Gasteiger partial charge is 0.476 e. The minimum Gasteiger partial charge on any atom is -0.476 e. The molecule has 1 aliphatic carbocycles. The standard InChI is InChI=1S/C12H20N4O4S/c1-7(16(3)9-4-5-9)6-13-21(19,20)11-8(2)14-15-10(11)12(17)18/h7,9,13H,4-6H2,1-3H3,(H,14,15)(H,17,18). The molecule has 0 aromatic carbocycles. The first kappa shape index (κ1) is 15.9. The lowest BCUT2D eigenvalue weighted by Crippen LogP contribution is -2.41. The molecule has 2 rings (SSSR count). The van der Waals surface area contributed by atoms with Crippen molar-refractivity contribution in [2.75, 3.05) is 13.6 Å². The fourth-order valence-corrected chi connectivity index (χ4v) is 3.62. The van der Waals surface area contributed by atoms with Gasteiger partial charge in [-0.05, 0) is 33.7 Å². The Morgan fingerprint density at radius 3 is 2.71 bits per heavy atom. The smallest absolute Gasteiger partial charge is 0.357 e. The van der Waals surface area contributed by atoms with Crippen LogP contribution in [0.25, 0.3) is 0 Å². The molecule has 1 fully saturated rings. The third kappa shape index (κ3) is 3.42. The van der Waals surface area contributed by atoms with Crippen molar-refractivity contribution in [1.29, 1.82) is 0 Å². The van der Waals surface area contributed by atoms with E-state index in [9.17, 15) is 13.2 Å². The summed E-state index contributed by atoms with van der Waals surface area (Å²) in [6.45, 7) is 3.63. The van der Waals surface area contributed by atoms with Gasteiger partial charge in [-0.25, -0.2) is 17.9 Å². The Labute approximate surface area is 123 Å². The lowest BCUT2D eigenvalue weighted by molar-refractivity contribution is 0.0686. The van der Waals surface area contributed by atoms with Crippen LogP contribution >= 0.6 is 0 Å². The molecule has 8 nitrogen and oxygen atoms in total. The highest BCUT2D eigenvalue weighted by Gasteiger charge is 2.31. The zero-order valence-corrected chi connectivity index (χ0v) is 13.1. The maximum absolute atomic E-state index is 12.3. The summed E-state index contributed by atoms with van der Waals surface area (Å²) < 4.78 is 27.1. The number of sulfonamides is 1. The van der Waals surface area contributed by atoms with Gasteiger partial charge in [-0.3, -0.25) is 10.00 Å². The number of nitrogens with zero attached hydrogens (tertiary/aromatic N) is 2. The summed E-state index contributed by atoms with van der Waals surface area (Å²) in [7, 11) is -1.95. The fourth-order valence-electron chi connectivity index (χ4n) is 2.18. The SMILES string of the molecule is Cc1[nH]nc(C(=O)O)c1S(=O)(=O)NCC(C)N(C)C1CC1. The van der Waals surface area contributed by atoms with Crippen LogP contribution in [-0.4, -0.2) is 60.3 Å². The van der Waals surface area contributed by atoms with Crippen molar-refractivity contribution in [1.82, 2.24) is 19.8 Å². The number of aromatic amines is 1. The van der Waals surface area contributed by atoms with Crippen LogP contribution < -0.4 is 4.72 Å². The number of nitrogens with one attached hydrogen (secondary N) is 2. The molecule has 9 heteroatoms. The summed E-state index contributed by atoms with van der Waals surface area (Å²) in [5, 5.41) is 14.9. The average molecular weight is 316 g/mol. The molecule has 21 heavy (non-hydrogen) atoms. The Kier molecular flexibility index (Phi) is 4.35. The van der Waals surface area contributed by atoms with E-state index in [1.807, 2.05) is 14.0 Å². The number of rotatable bonds is 7. The van der Waals surface area contributed by atoms with Crippen molar-refractivity contribution in [3.63, 3.8) is 0 Å². The van der Waals surface area contributed by atoms with Crippen molar-refractivity contribution < 1.29 is 18.3 Å². The predicted octanol–water partition coefficient (Wildman–Crippen LogP) is 0.177. The Morgan fingerprint density at radius 2 is 2.19 bits per heavy atom. The number of hydrogen-bond donors (Lipinski definition) is 3. The normalized spacial score (nSPS) is 17.1. The number of hydrogen-bond acceptors (Lipinski definition) is 5. The highest BCUT2D eigenvalue weighted by molar-refractivity contribution is 7.89. The molecule has 1 aromatic heterocycles. The summed E-state index contributed by atoms with van der Waals surface area (Å²) in [4.78, 5) is 12.9. The number of carboxylic acid groups (broad SMARTS) is 1. The molecule has 0 spiro atoms. The predicted molar refractivity (Wildman–Crippen MR) is 75.7 cm³/mol. The number of likely N-dealkylation sites (N-methyl/N-ethyl adjacent to an activating group) is 1. The summed E-state index contributed by atoms with van der Waals surface area (Å²) in [6.07, 6.45) is 2.27. The molecule has 0 radical (unpaired) electrons. The zero-order chi connectivity index (χ0) is 15.8. The van der Waals surface area contributed by atoms with Crippen LogP contribution in [0, 0.1) is 6.92 Å². The minimum absolute atomic E-state index is 0.0350. The molecule has 1 heterocycles. The Hall–Kier alpha value is -1.45. The van der Waals surface area contributed by atoms with Crippen LogP contribution in [0.4, 0.5) is 0 Å². The molecule has 1 aromatic rings. The lowest BCUT2D eigenvalue weighted by atomic mass is 10.3. The first-order chi connectivity index (χ1) is 9.74. The Bertz CT molecular complexity index is 636. The number of aromatic carboxylic acids is 1. The van der Waals surface area contributed by atoms with Gasteiger partial charge in [0.2, 0.25) is 10.0 Å². The van der Waals surface area contributed by atoms with Crippen LogP contribution in [0.5, 0.6) is 0 Å². The molecule has 3 N–H and O–H groups in total. The second-order valence-electron chi connectivity index (χ2n) is 5.43. The molecule has 1 aliphatic rings. The molecule has 0 amide bonds. The summed E-state index contributed by atoms with van der Waals surface area (Å²) in [5.41, 5.74) is -0.272. The number of carbonyl (C=O) groups is 1. The quantitative estimate of drug-likeness (QED) is 0.661. The van der Waals surface area contributed by atoms with E-state index in [1.165, 1.54) is 6.92 Å². The minimum atomic E-state index is -3.91. The van der Waals surface area contributed by atoms with Gasteiger partial charge < -0.3 is 5.11 Å². The maximum atomic E-state index is 12.3. The zero-order valence-electron chi connectivity index (χ0n) is 12.3. The first-order valence-corrected chi connectivity index (χ1v) is 8.22. The molecule has 1 unspecified atom stereocenters. The van der Waals surface area contributed by atoms with Crippen LogP contribution in [0.15, 0.2) is 4.90 Å². The monoisotopic (exact) mass is 316 g/mol. The van der Waals surface area contributed by atoms with E-state index < -0.39 is 21.7 Å². The number of aryl methyl sites for hydroxylation is 1. The van der Waals surface area contributed by atoms with Crippen molar-refractivity contribution in [3.8, 4) is 0 Å². The second-order valence-corrected chi connectivity index (χ2v) is 7.13. The molecule has 0 bridgehead atoms. The Balaban J connectivity index is 2.11. The van der Waals surface area contributed by atoms with Gasteiger partial charge in [0.15, 0.2) is 5.69 Å². The van der Waals surface area contributed by atoms with E-state index in [-0.39, 0.29) is 23.2 Å². The summed E-state index contributed by atoms with van der Waals surface area (Å²) in [5.74, 6) is -1.37. The van der Waals surface area contributed by atoms with Crippen LogP contribution in [-0.2, 0) is 10.0 Å². The highest BCUT2D eigenvalue weighted by atomic mass is 32.2. The molecule has 0 saturated heterocycles. The van der Waals surface area contributed by atoms with E-state index in [0.717, 1.165) is 12.8 Å². The molecule has 118 valence electrons. The van der Waals surface area contributed by atoms with Gasteiger partial charge in [0.1, 0.15) is 4.90 Å². The molecule has 1 atom stereocenters. The first-order valence-electron chi connectivity index (χ1n) is 6.74.